The molecule has 0 amide bonds. The molecule has 0 aromatic rings. The third-order valence-electron chi connectivity index (χ3n) is 12.8. The molecule has 61 heavy (non-hydrogen) atoms. The lowest BCUT2D eigenvalue weighted by Crippen LogP contribution is -2.30. The van der Waals surface area contributed by atoms with Crippen molar-refractivity contribution in [3.8, 4) is 0 Å². The van der Waals surface area contributed by atoms with Gasteiger partial charge in [-0.3, -0.25) is 14.4 Å². The Morgan fingerprint density at radius 3 is 0.934 bits per heavy atom. The van der Waals surface area contributed by atoms with Crippen LogP contribution >= 0.6 is 0 Å². The fourth-order valence-electron chi connectivity index (χ4n) is 8.31. The summed E-state index contributed by atoms with van der Waals surface area (Å²) in [6.45, 7) is 11.4. The summed E-state index contributed by atoms with van der Waals surface area (Å²) < 4.78 is 16.8. The Morgan fingerprint density at radius 2 is 0.623 bits per heavy atom. The zero-order chi connectivity index (χ0) is 44.7. The van der Waals surface area contributed by atoms with E-state index < -0.39 is 6.10 Å². The lowest BCUT2D eigenvalue weighted by molar-refractivity contribution is -0.167. The van der Waals surface area contributed by atoms with E-state index >= 15 is 0 Å². The van der Waals surface area contributed by atoms with Gasteiger partial charge in [0.05, 0.1) is 0 Å². The van der Waals surface area contributed by atoms with E-state index in [0.717, 1.165) is 69.6 Å². The Balaban J connectivity index is 4.31. The molecule has 1 unspecified atom stereocenters. The zero-order valence-corrected chi connectivity index (χ0v) is 41.8. The molecule has 0 saturated carbocycles. The average Bonchev–Trinajstić information content (AvgIpc) is 3.24. The number of rotatable bonds is 49. The highest BCUT2D eigenvalue weighted by molar-refractivity contribution is 5.71. The molecular formula is C55H106O6. The second kappa shape index (κ2) is 47.9. The van der Waals surface area contributed by atoms with E-state index in [1.165, 1.54) is 193 Å². The first-order valence-corrected chi connectivity index (χ1v) is 27.3. The molecular weight excluding hydrogens is 757 g/mol. The Hall–Kier alpha value is -1.59. The monoisotopic (exact) mass is 863 g/mol. The SMILES string of the molecule is CCCCCCCCCCCCCCCCCCCC(=O)O[C@@H](COC(=O)CCCCCCCCCCCCCC(C)C)COC(=O)CCCCCCCCCCC(C)CC. The molecule has 0 aromatic heterocycles. The van der Waals surface area contributed by atoms with Crippen LogP contribution in [0.2, 0.25) is 0 Å². The van der Waals surface area contributed by atoms with Crippen LogP contribution in [-0.4, -0.2) is 37.2 Å². The molecule has 0 fully saturated rings. The number of carbonyl (C=O) groups is 3. The minimum Gasteiger partial charge on any atom is -0.462 e. The molecule has 0 aliphatic rings. The van der Waals surface area contributed by atoms with Gasteiger partial charge >= 0.3 is 17.9 Å². The second-order valence-electron chi connectivity index (χ2n) is 19.6. The van der Waals surface area contributed by atoms with Crippen LogP contribution in [0.25, 0.3) is 0 Å². The molecule has 0 N–H and O–H groups in total. The minimum absolute atomic E-state index is 0.0638. The molecule has 6 heteroatoms. The number of unbranched alkanes of at least 4 members (excludes halogenated alkanes) is 33. The first-order chi connectivity index (χ1) is 29.8. The zero-order valence-electron chi connectivity index (χ0n) is 41.8. The van der Waals surface area contributed by atoms with Gasteiger partial charge in [-0.25, -0.2) is 0 Å². The Kier molecular flexibility index (Phi) is 46.6. The standard InChI is InChI=1S/C55H106O6/c1-6-8-9-10-11-12-13-14-15-16-17-18-21-25-32-37-42-47-55(58)61-52(49-60-54(57)46-41-36-31-27-26-29-34-39-44-51(5)7-2)48-59-53(56)45-40-35-30-24-22-19-20-23-28-33-38-43-50(3)4/h50-52H,6-49H2,1-5H3/t51?,52-/m0/s1. The average molecular weight is 863 g/mol. The fraction of sp³-hybridized carbons (Fsp3) is 0.945. The van der Waals surface area contributed by atoms with Crippen molar-refractivity contribution in [2.24, 2.45) is 11.8 Å². The normalized spacial score (nSPS) is 12.5. The minimum atomic E-state index is -0.762. The predicted molar refractivity (Wildman–Crippen MR) is 261 cm³/mol. The fourth-order valence-corrected chi connectivity index (χ4v) is 8.31. The Morgan fingerprint density at radius 1 is 0.344 bits per heavy atom. The summed E-state index contributed by atoms with van der Waals surface area (Å²) in [6.07, 6.45) is 49.4. The van der Waals surface area contributed by atoms with Crippen molar-refractivity contribution in [2.45, 2.75) is 310 Å². The molecule has 0 spiro atoms. The maximum absolute atomic E-state index is 12.8. The lowest BCUT2D eigenvalue weighted by Gasteiger charge is -2.18. The molecule has 0 aliphatic carbocycles. The van der Waals surface area contributed by atoms with E-state index in [0.29, 0.717) is 19.3 Å². The topological polar surface area (TPSA) is 78.9 Å². The molecule has 0 heterocycles. The summed E-state index contributed by atoms with van der Waals surface area (Å²) >= 11 is 0. The summed E-state index contributed by atoms with van der Waals surface area (Å²) in [5.74, 6) is 0.829. The third kappa shape index (κ3) is 47.7. The molecule has 362 valence electrons. The van der Waals surface area contributed by atoms with Crippen LogP contribution in [0, 0.1) is 11.8 Å². The largest absolute Gasteiger partial charge is 0.462 e. The molecule has 0 radical (unpaired) electrons. The van der Waals surface area contributed by atoms with E-state index in [1.54, 1.807) is 0 Å². The number of ether oxygens (including phenoxy) is 3. The smallest absolute Gasteiger partial charge is 0.306 e. The van der Waals surface area contributed by atoms with Crippen molar-refractivity contribution >= 4 is 17.9 Å². The van der Waals surface area contributed by atoms with Crippen LogP contribution in [0.4, 0.5) is 0 Å². The van der Waals surface area contributed by atoms with Gasteiger partial charge in [-0.15, -0.1) is 0 Å². The number of hydrogen-bond donors (Lipinski definition) is 0. The van der Waals surface area contributed by atoms with Crippen molar-refractivity contribution in [1.82, 2.24) is 0 Å². The summed E-state index contributed by atoms with van der Waals surface area (Å²) in [5, 5.41) is 0. The summed E-state index contributed by atoms with van der Waals surface area (Å²) in [4.78, 5) is 38.0. The van der Waals surface area contributed by atoms with Crippen LogP contribution in [-0.2, 0) is 28.6 Å². The molecule has 0 aliphatic heterocycles. The molecule has 0 bridgehead atoms. The highest BCUT2D eigenvalue weighted by Crippen LogP contribution is 2.18. The van der Waals surface area contributed by atoms with Gasteiger partial charge < -0.3 is 14.2 Å². The van der Waals surface area contributed by atoms with Gasteiger partial charge in [0, 0.05) is 19.3 Å². The predicted octanol–water partition coefficient (Wildman–Crippen LogP) is 17.7. The van der Waals surface area contributed by atoms with E-state index in [9.17, 15) is 14.4 Å². The van der Waals surface area contributed by atoms with Gasteiger partial charge in [0.15, 0.2) is 6.10 Å². The van der Waals surface area contributed by atoms with E-state index in [2.05, 4.69) is 34.6 Å². The van der Waals surface area contributed by atoms with Crippen molar-refractivity contribution < 1.29 is 28.6 Å². The summed E-state index contributed by atoms with van der Waals surface area (Å²) in [7, 11) is 0. The summed E-state index contributed by atoms with van der Waals surface area (Å²) in [5.41, 5.74) is 0. The molecule has 0 rings (SSSR count). The van der Waals surface area contributed by atoms with Gasteiger partial charge in [-0.05, 0) is 31.1 Å². The van der Waals surface area contributed by atoms with Crippen LogP contribution in [0.15, 0.2) is 0 Å². The maximum atomic E-state index is 12.8. The molecule has 2 atom stereocenters. The maximum Gasteiger partial charge on any atom is 0.306 e. The quantitative estimate of drug-likeness (QED) is 0.0344. The molecule has 6 nitrogen and oxygen atoms in total. The van der Waals surface area contributed by atoms with Crippen molar-refractivity contribution in [3.63, 3.8) is 0 Å². The van der Waals surface area contributed by atoms with E-state index in [1.807, 2.05) is 0 Å². The highest BCUT2D eigenvalue weighted by Gasteiger charge is 2.19. The highest BCUT2D eigenvalue weighted by atomic mass is 16.6. The van der Waals surface area contributed by atoms with Crippen molar-refractivity contribution in [3.05, 3.63) is 0 Å². The van der Waals surface area contributed by atoms with Gasteiger partial charge in [0.2, 0.25) is 0 Å². The van der Waals surface area contributed by atoms with E-state index in [4.69, 9.17) is 14.2 Å². The van der Waals surface area contributed by atoms with E-state index in [-0.39, 0.29) is 31.1 Å². The summed E-state index contributed by atoms with van der Waals surface area (Å²) in [6, 6.07) is 0. The van der Waals surface area contributed by atoms with Gasteiger partial charge in [-0.2, -0.15) is 0 Å². The number of hydrogen-bond acceptors (Lipinski definition) is 6. The first kappa shape index (κ1) is 59.4. The van der Waals surface area contributed by atoms with Crippen LogP contribution < -0.4 is 0 Å². The third-order valence-corrected chi connectivity index (χ3v) is 12.8. The van der Waals surface area contributed by atoms with Crippen LogP contribution in [0.5, 0.6) is 0 Å². The lowest BCUT2D eigenvalue weighted by atomic mass is 9.99. The Labute approximate surface area is 380 Å². The number of esters is 3. The second-order valence-corrected chi connectivity index (χ2v) is 19.6. The van der Waals surface area contributed by atoms with Gasteiger partial charge in [0.25, 0.3) is 0 Å². The Bertz CT molecular complexity index is 933. The first-order valence-electron chi connectivity index (χ1n) is 27.3. The number of carbonyl (C=O) groups excluding carboxylic acids is 3. The van der Waals surface area contributed by atoms with Crippen LogP contribution in [0.3, 0.4) is 0 Å². The van der Waals surface area contributed by atoms with Gasteiger partial charge in [0.1, 0.15) is 13.2 Å². The van der Waals surface area contributed by atoms with Gasteiger partial charge in [-0.1, -0.05) is 266 Å². The molecule has 0 saturated heterocycles. The van der Waals surface area contributed by atoms with Crippen molar-refractivity contribution in [2.75, 3.05) is 13.2 Å². The van der Waals surface area contributed by atoms with Crippen LogP contribution in [0.1, 0.15) is 304 Å². The van der Waals surface area contributed by atoms with Crippen molar-refractivity contribution in [1.29, 1.82) is 0 Å². The molecule has 0 aromatic carbocycles.